The summed E-state index contributed by atoms with van der Waals surface area (Å²) in [5.74, 6) is -2.14. The van der Waals surface area contributed by atoms with Crippen molar-refractivity contribution in [2.75, 3.05) is 0 Å². The molecule has 0 bridgehead atoms. The Balaban J connectivity index is 4.41. The second-order valence-electron chi connectivity index (χ2n) is 9.15. The molecule has 0 rings (SSSR count). The molecule has 0 radical (unpaired) electrons. The number of hydrogen-bond donors (Lipinski definition) is 2. The summed E-state index contributed by atoms with van der Waals surface area (Å²) in [4.78, 5) is 46.2. The maximum atomic E-state index is 11.8. The molecule has 0 aromatic heterocycles. The Kier molecular flexibility index (Phi) is 17.3. The third-order valence-corrected chi connectivity index (χ3v) is 6.10. The molecule has 0 aliphatic heterocycles. The van der Waals surface area contributed by atoms with Crippen molar-refractivity contribution in [3.05, 3.63) is 12.7 Å². The molecule has 0 amide bonds. The number of esters is 1. The van der Waals surface area contributed by atoms with Gasteiger partial charge in [-0.05, 0) is 45.4 Å². The van der Waals surface area contributed by atoms with Crippen molar-refractivity contribution in [1.29, 1.82) is 0 Å². The quantitative estimate of drug-likeness (QED) is 0.0990. The standard InChI is InChI=1S/C26H44O7/c1-4-6-7-10-13-22(19-27)15-16-23(20-28)14-11-8-9-12-17-26(25(31)32,18-21(3)29)33-24(30)5-2/h5,19-23,29H,2,4,6-18H2,1,3H3,(H,31,32). The van der Waals surface area contributed by atoms with Gasteiger partial charge in [-0.1, -0.05) is 58.4 Å². The van der Waals surface area contributed by atoms with Crippen molar-refractivity contribution in [3.63, 3.8) is 0 Å². The lowest BCUT2D eigenvalue weighted by atomic mass is 9.88. The molecule has 0 saturated carbocycles. The van der Waals surface area contributed by atoms with Gasteiger partial charge in [-0.2, -0.15) is 0 Å². The number of hydrogen-bond acceptors (Lipinski definition) is 6. The van der Waals surface area contributed by atoms with Crippen LogP contribution in [-0.2, 0) is 23.9 Å². The highest BCUT2D eigenvalue weighted by Crippen LogP contribution is 2.28. The molecule has 0 spiro atoms. The van der Waals surface area contributed by atoms with E-state index in [1.54, 1.807) is 0 Å². The van der Waals surface area contributed by atoms with E-state index in [2.05, 4.69) is 13.5 Å². The topological polar surface area (TPSA) is 118 Å². The lowest BCUT2D eigenvalue weighted by molar-refractivity contribution is -0.180. The van der Waals surface area contributed by atoms with Gasteiger partial charge >= 0.3 is 11.9 Å². The number of carboxylic acids is 1. The van der Waals surface area contributed by atoms with Crippen molar-refractivity contribution in [2.24, 2.45) is 11.8 Å². The molecule has 7 nitrogen and oxygen atoms in total. The monoisotopic (exact) mass is 468 g/mol. The summed E-state index contributed by atoms with van der Waals surface area (Å²) in [6.45, 7) is 6.92. The number of ether oxygens (including phenoxy) is 1. The van der Waals surface area contributed by atoms with Crippen LogP contribution >= 0.6 is 0 Å². The fourth-order valence-corrected chi connectivity index (χ4v) is 4.14. The number of aliphatic hydroxyl groups is 1. The normalized spacial score (nSPS) is 15.6. The SMILES string of the molecule is C=CC(=O)OC(CCCCCCC(C=O)CCC(C=O)CCCCCC)(CC(C)O)C(=O)O. The molecule has 2 N–H and O–H groups in total. The maximum absolute atomic E-state index is 11.8. The van der Waals surface area contributed by atoms with Gasteiger partial charge in [-0.25, -0.2) is 9.59 Å². The van der Waals surface area contributed by atoms with E-state index < -0.39 is 23.6 Å². The number of rotatable bonds is 22. The van der Waals surface area contributed by atoms with Crippen molar-refractivity contribution in [3.8, 4) is 0 Å². The van der Waals surface area contributed by atoms with Crippen molar-refractivity contribution >= 4 is 24.5 Å². The maximum Gasteiger partial charge on any atom is 0.348 e. The van der Waals surface area contributed by atoms with Gasteiger partial charge < -0.3 is 24.5 Å². The third kappa shape index (κ3) is 14.0. The van der Waals surface area contributed by atoms with Crippen molar-refractivity contribution < 1.29 is 34.1 Å². The van der Waals surface area contributed by atoms with Gasteiger partial charge in [0.2, 0.25) is 5.60 Å². The summed E-state index contributed by atoms with van der Waals surface area (Å²) in [6.07, 6.45) is 12.4. The Bertz CT molecular complexity index is 587. The van der Waals surface area contributed by atoms with Crippen molar-refractivity contribution in [2.45, 2.75) is 115 Å². The molecule has 0 aromatic rings. The van der Waals surface area contributed by atoms with Crippen molar-refractivity contribution in [1.82, 2.24) is 0 Å². The number of carboxylic acid groups (broad SMARTS) is 1. The molecule has 0 aliphatic carbocycles. The molecular formula is C26H44O7. The molecular weight excluding hydrogens is 424 g/mol. The largest absolute Gasteiger partial charge is 0.478 e. The Morgan fingerprint density at radius 3 is 1.85 bits per heavy atom. The summed E-state index contributed by atoms with van der Waals surface area (Å²) in [5.41, 5.74) is -1.77. The highest BCUT2D eigenvalue weighted by Gasteiger charge is 2.42. The van der Waals surface area contributed by atoms with Crippen LogP contribution < -0.4 is 0 Å². The van der Waals surface area contributed by atoms with Gasteiger partial charge in [0.1, 0.15) is 12.6 Å². The third-order valence-electron chi connectivity index (χ3n) is 6.10. The van der Waals surface area contributed by atoms with Gasteiger partial charge in [0.05, 0.1) is 6.10 Å². The van der Waals surface area contributed by atoms with Crippen LogP contribution in [0.25, 0.3) is 0 Å². The summed E-state index contributed by atoms with van der Waals surface area (Å²) in [7, 11) is 0. The molecule has 0 aromatic carbocycles. The van der Waals surface area contributed by atoms with E-state index in [4.69, 9.17) is 4.74 Å². The van der Waals surface area contributed by atoms with E-state index >= 15 is 0 Å². The van der Waals surface area contributed by atoms with Gasteiger partial charge in [0.15, 0.2) is 0 Å². The molecule has 0 heterocycles. The Labute approximate surface area is 199 Å². The van der Waals surface area contributed by atoms with Crippen LogP contribution in [0.5, 0.6) is 0 Å². The first-order valence-electron chi connectivity index (χ1n) is 12.4. The summed E-state index contributed by atoms with van der Waals surface area (Å²) >= 11 is 0. The van der Waals surface area contributed by atoms with Crippen LogP contribution in [0.3, 0.4) is 0 Å². The van der Waals surface area contributed by atoms with Crippen LogP contribution in [0.15, 0.2) is 12.7 Å². The minimum atomic E-state index is -1.77. The fraction of sp³-hybridized carbons (Fsp3) is 0.769. The van der Waals surface area contributed by atoms with Crippen LogP contribution in [0.1, 0.15) is 104 Å². The van der Waals surface area contributed by atoms with Crippen LogP contribution in [0, 0.1) is 11.8 Å². The predicted octanol–water partition coefficient (Wildman–Crippen LogP) is 5.03. The van der Waals surface area contributed by atoms with Crippen LogP contribution in [0.4, 0.5) is 0 Å². The Hall–Kier alpha value is -2.02. The summed E-state index contributed by atoms with van der Waals surface area (Å²) in [6, 6.07) is 0. The summed E-state index contributed by atoms with van der Waals surface area (Å²) < 4.78 is 5.14. The molecule has 190 valence electrons. The highest BCUT2D eigenvalue weighted by atomic mass is 16.6. The number of carbonyl (C=O) groups excluding carboxylic acids is 3. The van der Waals surface area contributed by atoms with E-state index in [0.717, 1.165) is 76.4 Å². The Morgan fingerprint density at radius 1 is 0.909 bits per heavy atom. The molecule has 0 fully saturated rings. The second-order valence-corrected chi connectivity index (χ2v) is 9.15. The molecule has 0 saturated heterocycles. The molecule has 4 unspecified atom stereocenters. The smallest absolute Gasteiger partial charge is 0.348 e. The first-order valence-corrected chi connectivity index (χ1v) is 12.4. The average Bonchev–Trinajstić information content (AvgIpc) is 2.78. The predicted molar refractivity (Wildman–Crippen MR) is 128 cm³/mol. The van der Waals surface area contributed by atoms with E-state index in [1.165, 1.54) is 13.3 Å². The summed E-state index contributed by atoms with van der Waals surface area (Å²) in [5, 5.41) is 19.3. The highest BCUT2D eigenvalue weighted by molar-refractivity contribution is 5.86. The molecule has 0 aliphatic rings. The zero-order chi connectivity index (χ0) is 25.1. The molecule has 33 heavy (non-hydrogen) atoms. The lowest BCUT2D eigenvalue weighted by Gasteiger charge is -2.30. The van der Waals surface area contributed by atoms with E-state index in [1.807, 2.05) is 0 Å². The van der Waals surface area contributed by atoms with Gasteiger partial charge in [0.25, 0.3) is 0 Å². The van der Waals surface area contributed by atoms with E-state index in [-0.39, 0.29) is 24.7 Å². The number of aldehydes is 2. The minimum Gasteiger partial charge on any atom is -0.478 e. The number of aliphatic carboxylic acids is 1. The first kappa shape index (κ1) is 31.0. The zero-order valence-electron chi connectivity index (χ0n) is 20.5. The van der Waals surface area contributed by atoms with Gasteiger partial charge in [-0.15, -0.1) is 0 Å². The number of aliphatic hydroxyl groups excluding tert-OH is 1. The first-order chi connectivity index (χ1) is 15.7. The number of unbranched alkanes of at least 4 members (excludes halogenated alkanes) is 6. The minimum absolute atomic E-state index is 0.0284. The lowest BCUT2D eigenvalue weighted by Crippen LogP contribution is -2.45. The van der Waals surface area contributed by atoms with Crippen LogP contribution in [-0.4, -0.2) is 46.4 Å². The van der Waals surface area contributed by atoms with Crippen LogP contribution in [0.2, 0.25) is 0 Å². The van der Waals surface area contributed by atoms with Gasteiger partial charge in [-0.3, -0.25) is 0 Å². The zero-order valence-corrected chi connectivity index (χ0v) is 20.5. The fourth-order valence-electron chi connectivity index (χ4n) is 4.14. The average molecular weight is 469 g/mol. The number of carbonyl (C=O) groups is 4. The van der Waals surface area contributed by atoms with Gasteiger partial charge in [0, 0.05) is 24.3 Å². The second kappa shape index (κ2) is 18.4. The molecule has 7 heteroatoms. The van der Waals surface area contributed by atoms with E-state index in [9.17, 15) is 29.4 Å². The van der Waals surface area contributed by atoms with E-state index in [0.29, 0.717) is 12.8 Å². The molecule has 4 atom stereocenters. The Morgan fingerprint density at radius 2 is 1.42 bits per heavy atom.